The van der Waals surface area contributed by atoms with E-state index in [1.54, 1.807) is 0 Å². The van der Waals surface area contributed by atoms with Crippen LogP contribution in [0.15, 0.2) is 66.8 Å². The van der Waals surface area contributed by atoms with Gasteiger partial charge in [-0.15, -0.1) is 0 Å². The van der Waals surface area contributed by atoms with Crippen LogP contribution in [0.2, 0.25) is 0 Å². The largest absolute Gasteiger partial charge is 0.320 e. The molecule has 1 nitrogen and oxygen atoms in total. The van der Waals surface area contributed by atoms with Gasteiger partial charge in [0.15, 0.2) is 0 Å². The van der Waals surface area contributed by atoms with Crippen LogP contribution in [-0.2, 0) is 6.54 Å². The Balaban J connectivity index is 2.76. The van der Waals surface area contributed by atoms with E-state index in [1.807, 2.05) is 0 Å². The average molecular weight is 439 g/mol. The Kier molecular flexibility index (Phi) is 17.8. The second-order valence-electron chi connectivity index (χ2n) is 9.41. The van der Waals surface area contributed by atoms with Gasteiger partial charge in [0.2, 0.25) is 0 Å². The van der Waals surface area contributed by atoms with E-state index < -0.39 is 0 Å². The third-order valence-electron chi connectivity index (χ3n) is 6.58. The molecule has 0 amide bonds. The first-order valence-corrected chi connectivity index (χ1v) is 13.5. The average Bonchev–Trinajstić information content (AvgIpc) is 2.81. The van der Waals surface area contributed by atoms with Gasteiger partial charge >= 0.3 is 0 Å². The van der Waals surface area contributed by atoms with Crippen LogP contribution < -0.4 is 0 Å². The van der Waals surface area contributed by atoms with Crippen LogP contribution in [0.1, 0.15) is 103 Å². The van der Waals surface area contributed by atoms with Crippen molar-refractivity contribution < 1.29 is 4.48 Å². The summed E-state index contributed by atoms with van der Waals surface area (Å²) in [6.45, 7) is 11.6. The summed E-state index contributed by atoms with van der Waals surface area (Å²) in [5, 5.41) is 0. The Labute approximate surface area is 200 Å². The number of benzene rings is 1. The number of nitrogens with zero attached hydrogens (tertiary/aromatic N) is 1. The van der Waals surface area contributed by atoms with Crippen LogP contribution in [0.5, 0.6) is 0 Å². The Morgan fingerprint density at radius 2 is 0.938 bits per heavy atom. The summed E-state index contributed by atoms with van der Waals surface area (Å²) in [6.07, 6.45) is 29.4. The summed E-state index contributed by atoms with van der Waals surface area (Å²) in [7, 11) is 0. The molecule has 0 N–H and O–H groups in total. The van der Waals surface area contributed by atoms with E-state index in [0.29, 0.717) is 0 Å². The van der Waals surface area contributed by atoms with Crippen LogP contribution in [0.3, 0.4) is 0 Å². The van der Waals surface area contributed by atoms with E-state index in [2.05, 4.69) is 87.6 Å². The maximum atomic E-state index is 2.34. The van der Waals surface area contributed by atoms with Crippen molar-refractivity contribution in [2.24, 2.45) is 0 Å². The summed E-state index contributed by atoms with van der Waals surface area (Å²) >= 11 is 0. The number of hydrogen-bond donors (Lipinski definition) is 0. The van der Waals surface area contributed by atoms with Gasteiger partial charge in [0.05, 0.1) is 19.6 Å². The van der Waals surface area contributed by atoms with Crippen LogP contribution >= 0.6 is 0 Å². The molecule has 0 saturated carbocycles. The molecular formula is C31H52N+. The molecule has 1 aromatic carbocycles. The molecule has 0 heterocycles. The molecule has 0 radical (unpaired) electrons. The molecule has 1 heteroatoms. The van der Waals surface area contributed by atoms with Gasteiger partial charge in [0.1, 0.15) is 6.54 Å². The van der Waals surface area contributed by atoms with E-state index in [4.69, 9.17) is 0 Å². The SMILES string of the molecule is C/C=C/CCCCC[N+](CCCCC/C=C/C)(CCCCC/C=C/C)Cc1ccccc1. The smallest absolute Gasteiger partial charge is 0.104 e. The Hall–Kier alpha value is -1.60. The van der Waals surface area contributed by atoms with Gasteiger partial charge in [-0.1, -0.05) is 66.8 Å². The molecule has 32 heavy (non-hydrogen) atoms. The van der Waals surface area contributed by atoms with Crippen molar-refractivity contribution in [1.82, 2.24) is 0 Å². The molecule has 1 rings (SSSR count). The van der Waals surface area contributed by atoms with Crippen LogP contribution in [0.4, 0.5) is 0 Å². The van der Waals surface area contributed by atoms with Crippen molar-refractivity contribution in [3.05, 3.63) is 72.4 Å². The summed E-state index contributed by atoms with van der Waals surface area (Å²) < 4.78 is 1.29. The van der Waals surface area contributed by atoms with Gasteiger partial charge in [-0.05, 0) is 97.8 Å². The van der Waals surface area contributed by atoms with Crippen molar-refractivity contribution in [3.8, 4) is 0 Å². The topological polar surface area (TPSA) is 0 Å². The van der Waals surface area contributed by atoms with Crippen molar-refractivity contribution in [2.75, 3.05) is 19.6 Å². The van der Waals surface area contributed by atoms with Gasteiger partial charge in [-0.25, -0.2) is 0 Å². The van der Waals surface area contributed by atoms with E-state index in [9.17, 15) is 0 Å². The highest BCUT2D eigenvalue weighted by atomic mass is 15.3. The Bertz CT molecular complexity index is 556. The number of quaternary nitrogens is 1. The molecule has 0 aliphatic heterocycles. The molecule has 0 aliphatic rings. The first-order chi connectivity index (χ1) is 15.8. The summed E-state index contributed by atoms with van der Waals surface area (Å²) in [5.41, 5.74) is 1.52. The highest BCUT2D eigenvalue weighted by Gasteiger charge is 2.26. The minimum Gasteiger partial charge on any atom is -0.320 e. The highest BCUT2D eigenvalue weighted by molar-refractivity contribution is 5.13. The fraction of sp³-hybridized carbons (Fsp3) is 0.613. The fourth-order valence-corrected chi connectivity index (χ4v) is 4.70. The fourth-order valence-electron chi connectivity index (χ4n) is 4.70. The quantitative estimate of drug-likeness (QED) is 0.108. The number of unbranched alkanes of at least 4 members (excludes halogenated alkanes) is 9. The Morgan fingerprint density at radius 1 is 0.531 bits per heavy atom. The first-order valence-electron chi connectivity index (χ1n) is 13.5. The van der Waals surface area contributed by atoms with Crippen LogP contribution in [-0.4, -0.2) is 24.1 Å². The van der Waals surface area contributed by atoms with E-state index >= 15 is 0 Å². The molecule has 0 saturated heterocycles. The zero-order valence-corrected chi connectivity index (χ0v) is 21.6. The monoisotopic (exact) mass is 438 g/mol. The Morgan fingerprint density at radius 3 is 1.31 bits per heavy atom. The maximum Gasteiger partial charge on any atom is 0.104 e. The van der Waals surface area contributed by atoms with Gasteiger partial charge in [0.25, 0.3) is 0 Å². The van der Waals surface area contributed by atoms with E-state index in [0.717, 1.165) is 0 Å². The zero-order valence-electron chi connectivity index (χ0n) is 21.6. The minimum atomic E-state index is 1.21. The number of hydrogen-bond acceptors (Lipinski definition) is 0. The zero-order chi connectivity index (χ0) is 23.2. The van der Waals surface area contributed by atoms with Crippen LogP contribution in [0, 0.1) is 0 Å². The molecule has 0 fully saturated rings. The lowest BCUT2D eigenvalue weighted by Gasteiger charge is -2.39. The predicted molar refractivity (Wildman–Crippen MR) is 145 cm³/mol. The molecule has 0 unspecified atom stereocenters. The summed E-state index contributed by atoms with van der Waals surface area (Å²) in [6, 6.07) is 11.3. The summed E-state index contributed by atoms with van der Waals surface area (Å²) in [5.74, 6) is 0. The van der Waals surface area contributed by atoms with E-state index in [-0.39, 0.29) is 0 Å². The van der Waals surface area contributed by atoms with Crippen LogP contribution in [0.25, 0.3) is 0 Å². The number of rotatable bonds is 20. The number of allylic oxidation sites excluding steroid dienone is 6. The maximum absolute atomic E-state index is 2.34. The van der Waals surface area contributed by atoms with Crippen molar-refractivity contribution in [1.29, 1.82) is 0 Å². The molecule has 180 valence electrons. The lowest BCUT2D eigenvalue weighted by Crippen LogP contribution is -2.49. The van der Waals surface area contributed by atoms with Crippen molar-refractivity contribution in [2.45, 2.75) is 104 Å². The second kappa shape index (κ2) is 20.0. The molecule has 0 aliphatic carbocycles. The molecule has 0 bridgehead atoms. The lowest BCUT2D eigenvalue weighted by atomic mass is 10.1. The first kappa shape index (κ1) is 28.4. The molecular weight excluding hydrogens is 386 g/mol. The molecule has 0 spiro atoms. The second-order valence-corrected chi connectivity index (χ2v) is 9.41. The van der Waals surface area contributed by atoms with Crippen molar-refractivity contribution >= 4 is 0 Å². The predicted octanol–water partition coefficient (Wildman–Crippen LogP) is 9.41. The highest BCUT2D eigenvalue weighted by Crippen LogP contribution is 2.22. The molecule has 0 atom stereocenters. The lowest BCUT2D eigenvalue weighted by molar-refractivity contribution is -0.941. The van der Waals surface area contributed by atoms with Crippen molar-refractivity contribution in [3.63, 3.8) is 0 Å². The standard InChI is InChI=1S/C31H52N/c1-4-7-10-13-16-22-27-32(28-23-17-14-11-8-5-2,29-24-18-15-12-9-6-3)30-31-25-20-19-21-26-31/h4-9,19-21,25-26H,10-18,22-24,27-30H2,1-3H3/q+1/b7-4+,8-5+,9-6+. The van der Waals surface area contributed by atoms with Gasteiger partial charge in [-0.3, -0.25) is 0 Å². The normalized spacial score (nSPS) is 12.6. The van der Waals surface area contributed by atoms with E-state index in [1.165, 1.54) is 113 Å². The minimum absolute atomic E-state index is 1.21. The molecule has 0 aromatic heterocycles. The summed E-state index contributed by atoms with van der Waals surface area (Å²) in [4.78, 5) is 0. The van der Waals surface area contributed by atoms with Gasteiger partial charge in [0, 0.05) is 5.56 Å². The molecule has 1 aromatic rings. The van der Waals surface area contributed by atoms with Gasteiger partial charge < -0.3 is 4.48 Å². The third-order valence-corrected chi connectivity index (χ3v) is 6.58. The third kappa shape index (κ3) is 14.5. The van der Waals surface area contributed by atoms with Gasteiger partial charge in [-0.2, -0.15) is 0 Å².